The molecule has 1 N–H and O–H groups in total. The van der Waals surface area contributed by atoms with Crippen LogP contribution in [-0.4, -0.2) is 36.3 Å². The molecule has 0 amide bonds. The second kappa shape index (κ2) is 5.72. The Morgan fingerprint density at radius 2 is 2.22 bits per heavy atom. The van der Waals surface area contributed by atoms with Crippen LogP contribution >= 0.6 is 0 Å². The normalized spacial score (nSPS) is 12.8. The van der Waals surface area contributed by atoms with Gasteiger partial charge in [0.25, 0.3) is 0 Å². The first-order chi connectivity index (χ1) is 8.70. The molecule has 2 aromatic rings. The Morgan fingerprint density at radius 1 is 1.39 bits per heavy atom. The van der Waals surface area contributed by atoms with Gasteiger partial charge in [-0.3, -0.25) is 0 Å². The summed E-state index contributed by atoms with van der Waals surface area (Å²) in [6.45, 7) is 3.08. The Kier molecular flexibility index (Phi) is 4.03. The highest BCUT2D eigenvalue weighted by Gasteiger charge is 2.18. The van der Waals surface area contributed by atoms with Crippen LogP contribution in [0.5, 0.6) is 0 Å². The Morgan fingerprint density at radius 3 is 2.78 bits per heavy atom. The third-order valence-electron chi connectivity index (χ3n) is 2.75. The molecule has 2 heterocycles. The number of rotatable bonds is 6. The summed E-state index contributed by atoms with van der Waals surface area (Å²) >= 11 is 0. The number of aryl methyl sites for hydroxylation is 2. The Labute approximate surface area is 106 Å². The molecule has 0 aliphatic carbocycles. The zero-order chi connectivity index (χ0) is 13.0. The number of tetrazole rings is 1. The van der Waals surface area contributed by atoms with E-state index in [1.165, 1.54) is 4.80 Å². The Hall–Kier alpha value is -1.76. The lowest BCUT2D eigenvalue weighted by atomic mass is 10.2. The average molecular weight is 249 g/mol. The van der Waals surface area contributed by atoms with E-state index in [4.69, 9.17) is 0 Å². The number of hydrogen-bond donors (Lipinski definition) is 1. The first kappa shape index (κ1) is 12.7. The summed E-state index contributed by atoms with van der Waals surface area (Å²) in [5.41, 5.74) is 0. The zero-order valence-corrected chi connectivity index (χ0v) is 11.0. The van der Waals surface area contributed by atoms with E-state index in [1.807, 2.05) is 17.8 Å². The average Bonchev–Trinajstić information content (AvgIpc) is 2.93. The lowest BCUT2D eigenvalue weighted by Crippen LogP contribution is -2.27. The highest BCUT2D eigenvalue weighted by atomic mass is 15.6. The maximum Gasteiger partial charge on any atom is 0.176 e. The van der Waals surface area contributed by atoms with Gasteiger partial charge in [0.2, 0.25) is 0 Å². The molecular weight excluding hydrogens is 230 g/mol. The smallest absolute Gasteiger partial charge is 0.176 e. The number of imidazole rings is 1. The van der Waals surface area contributed by atoms with Gasteiger partial charge in [0.05, 0.1) is 13.1 Å². The molecule has 2 aromatic heterocycles. The first-order valence-electron chi connectivity index (χ1n) is 6.14. The first-order valence-corrected chi connectivity index (χ1v) is 6.14. The van der Waals surface area contributed by atoms with Gasteiger partial charge >= 0.3 is 0 Å². The van der Waals surface area contributed by atoms with Crippen molar-refractivity contribution in [1.82, 2.24) is 35.1 Å². The molecule has 7 nitrogen and oxygen atoms in total. The number of aromatic nitrogens is 6. The van der Waals surface area contributed by atoms with Crippen molar-refractivity contribution in [1.29, 1.82) is 0 Å². The molecular formula is C11H19N7. The van der Waals surface area contributed by atoms with E-state index in [-0.39, 0.29) is 6.04 Å². The van der Waals surface area contributed by atoms with Crippen molar-refractivity contribution in [3.63, 3.8) is 0 Å². The minimum atomic E-state index is 0.120. The van der Waals surface area contributed by atoms with Crippen LogP contribution in [0.3, 0.4) is 0 Å². The van der Waals surface area contributed by atoms with E-state index in [0.29, 0.717) is 6.42 Å². The standard InChI is InChI=1S/C11H19N7/c1-4-5-12-9(11-13-6-7-17(11)2)8-10-14-16-18(3)15-10/h6-7,9,12H,4-5,8H2,1-3H3. The van der Waals surface area contributed by atoms with Crippen LogP contribution in [-0.2, 0) is 20.5 Å². The molecule has 0 aliphatic rings. The quantitative estimate of drug-likeness (QED) is 0.793. The predicted octanol–water partition coefficient (Wildman–Crippen LogP) is 0.227. The summed E-state index contributed by atoms with van der Waals surface area (Å²) in [5, 5.41) is 15.6. The van der Waals surface area contributed by atoms with Crippen molar-refractivity contribution in [2.75, 3.05) is 6.54 Å². The number of nitrogens with zero attached hydrogens (tertiary/aromatic N) is 6. The molecule has 2 rings (SSSR count). The summed E-state index contributed by atoms with van der Waals surface area (Å²) in [6.07, 6.45) is 5.52. The topological polar surface area (TPSA) is 73.5 Å². The summed E-state index contributed by atoms with van der Waals surface area (Å²) in [7, 11) is 3.76. The van der Waals surface area contributed by atoms with Crippen LogP contribution in [0, 0.1) is 0 Å². The molecule has 0 bridgehead atoms. The molecule has 0 aromatic carbocycles. The monoisotopic (exact) mass is 249 g/mol. The predicted molar refractivity (Wildman–Crippen MR) is 66.7 cm³/mol. The van der Waals surface area contributed by atoms with Gasteiger partial charge in [-0.2, -0.15) is 4.80 Å². The maximum atomic E-state index is 4.39. The molecule has 0 fully saturated rings. The van der Waals surface area contributed by atoms with Crippen LogP contribution in [0.2, 0.25) is 0 Å². The van der Waals surface area contributed by atoms with Crippen molar-refractivity contribution >= 4 is 0 Å². The lowest BCUT2D eigenvalue weighted by Gasteiger charge is -2.16. The zero-order valence-electron chi connectivity index (χ0n) is 11.0. The van der Waals surface area contributed by atoms with Gasteiger partial charge in [-0.25, -0.2) is 4.98 Å². The van der Waals surface area contributed by atoms with Gasteiger partial charge in [-0.1, -0.05) is 6.92 Å². The summed E-state index contributed by atoms with van der Waals surface area (Å²) in [5.74, 6) is 1.73. The SMILES string of the molecule is CCCNC(Cc1nnn(C)n1)c1nccn1C. The molecule has 0 spiro atoms. The fraction of sp³-hybridized carbons (Fsp3) is 0.636. The Balaban J connectivity index is 2.12. The molecule has 0 saturated heterocycles. The fourth-order valence-corrected chi connectivity index (χ4v) is 1.87. The van der Waals surface area contributed by atoms with Crippen molar-refractivity contribution in [3.05, 3.63) is 24.0 Å². The van der Waals surface area contributed by atoms with E-state index in [1.54, 1.807) is 13.2 Å². The van der Waals surface area contributed by atoms with Crippen molar-refractivity contribution in [2.24, 2.45) is 14.1 Å². The minimum absolute atomic E-state index is 0.120. The van der Waals surface area contributed by atoms with E-state index in [0.717, 1.165) is 24.6 Å². The lowest BCUT2D eigenvalue weighted by molar-refractivity contribution is 0.481. The van der Waals surface area contributed by atoms with E-state index in [2.05, 4.69) is 32.6 Å². The number of hydrogen-bond acceptors (Lipinski definition) is 5. The summed E-state index contributed by atoms with van der Waals surface area (Å²) < 4.78 is 2.02. The van der Waals surface area contributed by atoms with Gasteiger partial charge in [0.1, 0.15) is 5.82 Å². The molecule has 0 saturated carbocycles. The van der Waals surface area contributed by atoms with Gasteiger partial charge in [-0.05, 0) is 18.2 Å². The van der Waals surface area contributed by atoms with Crippen LogP contribution in [0.4, 0.5) is 0 Å². The molecule has 1 unspecified atom stereocenters. The third-order valence-corrected chi connectivity index (χ3v) is 2.75. The van der Waals surface area contributed by atoms with Crippen molar-refractivity contribution in [2.45, 2.75) is 25.8 Å². The molecule has 7 heteroatoms. The van der Waals surface area contributed by atoms with Gasteiger partial charge < -0.3 is 9.88 Å². The van der Waals surface area contributed by atoms with Crippen LogP contribution < -0.4 is 5.32 Å². The molecule has 1 atom stereocenters. The van der Waals surface area contributed by atoms with Crippen molar-refractivity contribution in [3.8, 4) is 0 Å². The van der Waals surface area contributed by atoms with E-state index < -0.39 is 0 Å². The summed E-state index contributed by atoms with van der Waals surface area (Å²) in [6, 6.07) is 0.120. The molecule has 0 aliphatic heterocycles. The molecule has 98 valence electrons. The number of nitrogens with one attached hydrogen (secondary N) is 1. The fourth-order valence-electron chi connectivity index (χ4n) is 1.87. The highest BCUT2D eigenvalue weighted by Crippen LogP contribution is 2.14. The summed E-state index contributed by atoms with van der Waals surface area (Å²) in [4.78, 5) is 5.87. The van der Waals surface area contributed by atoms with Crippen LogP contribution in [0.15, 0.2) is 12.4 Å². The van der Waals surface area contributed by atoms with Crippen LogP contribution in [0.25, 0.3) is 0 Å². The van der Waals surface area contributed by atoms with Crippen LogP contribution in [0.1, 0.15) is 31.0 Å². The maximum absolute atomic E-state index is 4.39. The second-order valence-electron chi connectivity index (χ2n) is 4.30. The van der Waals surface area contributed by atoms with Gasteiger partial charge in [0.15, 0.2) is 5.82 Å². The molecule has 18 heavy (non-hydrogen) atoms. The highest BCUT2D eigenvalue weighted by molar-refractivity contribution is 5.02. The minimum Gasteiger partial charge on any atom is -0.337 e. The van der Waals surface area contributed by atoms with E-state index in [9.17, 15) is 0 Å². The largest absolute Gasteiger partial charge is 0.337 e. The van der Waals surface area contributed by atoms with Gasteiger partial charge in [0, 0.05) is 25.9 Å². The molecule has 0 radical (unpaired) electrons. The second-order valence-corrected chi connectivity index (χ2v) is 4.30. The Bertz CT molecular complexity index is 487. The van der Waals surface area contributed by atoms with Crippen molar-refractivity contribution < 1.29 is 0 Å². The van der Waals surface area contributed by atoms with Gasteiger partial charge in [-0.15, -0.1) is 10.2 Å². The third kappa shape index (κ3) is 2.92. The van der Waals surface area contributed by atoms with E-state index >= 15 is 0 Å².